The molecule has 2 heteroatoms. The molecular weight excluding hydrogens is 212 g/mol. The molecule has 0 aromatic carbocycles. The first-order valence-corrected chi connectivity index (χ1v) is 9.21. The smallest absolute Gasteiger partial charge is 0.249 e. The molecule has 0 spiro atoms. The Morgan fingerprint density at radius 1 is 1.12 bits per heavy atom. The molecular formula is C14H28OSi. The van der Waals surface area contributed by atoms with Crippen LogP contribution in [0.4, 0.5) is 0 Å². The van der Waals surface area contributed by atoms with Crippen LogP contribution in [0.15, 0.2) is 24.5 Å². The summed E-state index contributed by atoms with van der Waals surface area (Å²) in [4.78, 5) is 0. The summed E-state index contributed by atoms with van der Waals surface area (Å²) in [5.74, 6) is 0. The van der Waals surface area contributed by atoms with Crippen molar-refractivity contribution in [3.8, 4) is 0 Å². The topological polar surface area (TPSA) is 9.23 Å². The fourth-order valence-corrected chi connectivity index (χ4v) is 1.70. The summed E-state index contributed by atoms with van der Waals surface area (Å²) in [6.07, 6.45) is 11.9. The van der Waals surface area contributed by atoms with E-state index in [4.69, 9.17) is 4.43 Å². The summed E-state index contributed by atoms with van der Waals surface area (Å²) in [7, 11) is -1.60. The van der Waals surface area contributed by atoms with Crippen LogP contribution in [0.2, 0.25) is 18.1 Å². The average molecular weight is 240 g/mol. The van der Waals surface area contributed by atoms with Gasteiger partial charge in [0, 0.05) is 0 Å². The molecule has 0 aliphatic rings. The lowest BCUT2D eigenvalue weighted by atomic mass is 10.2. The minimum Gasteiger partial charge on any atom is -0.549 e. The highest BCUT2D eigenvalue weighted by atomic mass is 28.4. The number of unbranched alkanes of at least 4 members (excludes halogenated alkanes) is 2. The van der Waals surface area contributed by atoms with Crippen LogP contribution in [0.5, 0.6) is 0 Å². The third kappa shape index (κ3) is 6.16. The van der Waals surface area contributed by atoms with Gasteiger partial charge in [-0.1, -0.05) is 52.7 Å². The van der Waals surface area contributed by atoms with E-state index in [0.29, 0.717) is 0 Å². The first-order chi connectivity index (χ1) is 7.31. The van der Waals surface area contributed by atoms with Gasteiger partial charge >= 0.3 is 0 Å². The molecule has 0 rings (SSSR count). The van der Waals surface area contributed by atoms with E-state index in [-0.39, 0.29) is 5.04 Å². The van der Waals surface area contributed by atoms with Crippen LogP contribution >= 0.6 is 0 Å². The lowest BCUT2D eigenvalue weighted by Crippen LogP contribution is -2.39. The molecule has 0 saturated heterocycles. The van der Waals surface area contributed by atoms with E-state index in [1.54, 1.807) is 0 Å². The first-order valence-electron chi connectivity index (χ1n) is 6.31. The van der Waals surface area contributed by atoms with Crippen LogP contribution < -0.4 is 0 Å². The maximum absolute atomic E-state index is 5.91. The summed E-state index contributed by atoms with van der Waals surface area (Å²) in [6, 6.07) is 0. The van der Waals surface area contributed by atoms with E-state index in [9.17, 15) is 0 Å². The van der Waals surface area contributed by atoms with Gasteiger partial charge in [0.05, 0.1) is 6.26 Å². The monoisotopic (exact) mass is 240 g/mol. The second kappa shape index (κ2) is 6.95. The predicted molar refractivity (Wildman–Crippen MR) is 76.1 cm³/mol. The average Bonchev–Trinajstić information content (AvgIpc) is 2.14. The van der Waals surface area contributed by atoms with Crippen molar-refractivity contribution in [2.45, 2.75) is 65.1 Å². The fraction of sp³-hybridized carbons (Fsp3) is 0.714. The van der Waals surface area contributed by atoms with Crippen molar-refractivity contribution in [1.82, 2.24) is 0 Å². The van der Waals surface area contributed by atoms with Crippen LogP contribution in [-0.4, -0.2) is 8.32 Å². The zero-order valence-electron chi connectivity index (χ0n) is 11.8. The Bertz CT molecular complexity index is 234. The molecule has 0 aromatic rings. The Labute approximate surface area is 103 Å². The summed E-state index contributed by atoms with van der Waals surface area (Å²) in [5.41, 5.74) is 0. The molecule has 0 saturated carbocycles. The maximum Gasteiger partial charge on any atom is 0.249 e. The molecule has 0 atom stereocenters. The van der Waals surface area contributed by atoms with Crippen molar-refractivity contribution >= 4 is 8.32 Å². The molecule has 0 N–H and O–H groups in total. The van der Waals surface area contributed by atoms with Crippen molar-refractivity contribution in [3.05, 3.63) is 24.5 Å². The number of hydrogen-bond donors (Lipinski definition) is 0. The number of allylic oxidation sites excluding steroid dienone is 3. The van der Waals surface area contributed by atoms with E-state index in [0.717, 1.165) is 0 Å². The van der Waals surface area contributed by atoms with Crippen LogP contribution in [0.25, 0.3) is 0 Å². The lowest BCUT2D eigenvalue weighted by Gasteiger charge is -2.34. The SMILES string of the molecule is CCCC/C=C/C=C\O[Si](C)(C)C(C)(C)C. The van der Waals surface area contributed by atoms with Crippen molar-refractivity contribution in [2.75, 3.05) is 0 Å². The van der Waals surface area contributed by atoms with Gasteiger partial charge in [-0.05, 0) is 30.6 Å². The van der Waals surface area contributed by atoms with Crippen molar-refractivity contribution in [3.63, 3.8) is 0 Å². The van der Waals surface area contributed by atoms with Crippen LogP contribution in [0, 0.1) is 0 Å². The van der Waals surface area contributed by atoms with Crippen molar-refractivity contribution in [1.29, 1.82) is 0 Å². The van der Waals surface area contributed by atoms with Gasteiger partial charge in [0.2, 0.25) is 8.32 Å². The highest BCUT2D eigenvalue weighted by Gasteiger charge is 2.37. The normalized spacial score (nSPS) is 13.9. The van der Waals surface area contributed by atoms with E-state index in [1.165, 1.54) is 19.3 Å². The maximum atomic E-state index is 5.91. The molecule has 0 heterocycles. The second-order valence-electron chi connectivity index (χ2n) is 5.78. The zero-order chi connectivity index (χ0) is 12.7. The molecule has 0 bridgehead atoms. The minimum absolute atomic E-state index is 0.281. The van der Waals surface area contributed by atoms with E-state index in [1.807, 2.05) is 12.3 Å². The summed E-state index contributed by atoms with van der Waals surface area (Å²) < 4.78 is 5.91. The number of rotatable bonds is 6. The Kier molecular flexibility index (Phi) is 6.73. The van der Waals surface area contributed by atoms with Gasteiger partial charge in [0.25, 0.3) is 0 Å². The lowest BCUT2D eigenvalue weighted by molar-refractivity contribution is 0.430. The Morgan fingerprint density at radius 2 is 1.75 bits per heavy atom. The third-order valence-electron chi connectivity index (χ3n) is 3.22. The molecule has 94 valence electrons. The minimum atomic E-state index is -1.60. The fourth-order valence-electron chi connectivity index (χ4n) is 0.928. The molecule has 0 unspecified atom stereocenters. The van der Waals surface area contributed by atoms with E-state index < -0.39 is 8.32 Å². The van der Waals surface area contributed by atoms with Crippen LogP contribution in [-0.2, 0) is 4.43 Å². The van der Waals surface area contributed by atoms with Gasteiger partial charge in [-0.25, -0.2) is 0 Å². The predicted octanol–water partition coefficient (Wildman–Crippen LogP) is 5.27. The third-order valence-corrected chi connectivity index (χ3v) is 7.56. The largest absolute Gasteiger partial charge is 0.549 e. The van der Waals surface area contributed by atoms with E-state index >= 15 is 0 Å². The van der Waals surface area contributed by atoms with Gasteiger partial charge in [0.1, 0.15) is 0 Å². The van der Waals surface area contributed by atoms with E-state index in [2.05, 4.69) is 52.9 Å². The van der Waals surface area contributed by atoms with Gasteiger partial charge < -0.3 is 4.43 Å². The molecule has 0 aromatic heterocycles. The highest BCUT2D eigenvalue weighted by molar-refractivity contribution is 6.74. The standard InChI is InChI=1S/C14H28OSi/c1-7-8-9-10-11-12-13-15-16(5,6)14(2,3)4/h10-13H,7-9H2,1-6H3/b11-10+,13-12-. The van der Waals surface area contributed by atoms with Crippen LogP contribution in [0.1, 0.15) is 47.0 Å². The van der Waals surface area contributed by atoms with Gasteiger partial charge in [0.15, 0.2) is 0 Å². The molecule has 16 heavy (non-hydrogen) atoms. The molecule has 0 amide bonds. The Morgan fingerprint density at radius 3 is 2.25 bits per heavy atom. The summed E-state index contributed by atoms with van der Waals surface area (Å²) in [6.45, 7) is 13.5. The molecule has 1 nitrogen and oxygen atoms in total. The first kappa shape index (κ1) is 15.5. The Hall–Kier alpha value is -0.503. The van der Waals surface area contributed by atoms with Crippen molar-refractivity contribution < 1.29 is 4.43 Å². The highest BCUT2D eigenvalue weighted by Crippen LogP contribution is 2.36. The van der Waals surface area contributed by atoms with Crippen LogP contribution in [0.3, 0.4) is 0 Å². The number of hydrogen-bond acceptors (Lipinski definition) is 1. The summed E-state index contributed by atoms with van der Waals surface area (Å²) >= 11 is 0. The molecule has 0 radical (unpaired) electrons. The van der Waals surface area contributed by atoms with Crippen molar-refractivity contribution in [2.24, 2.45) is 0 Å². The Balaban J connectivity index is 3.96. The molecule has 0 fully saturated rings. The quantitative estimate of drug-likeness (QED) is 0.266. The van der Waals surface area contributed by atoms with Gasteiger partial charge in [-0.2, -0.15) is 0 Å². The molecule has 0 aliphatic carbocycles. The zero-order valence-corrected chi connectivity index (χ0v) is 12.8. The second-order valence-corrected chi connectivity index (χ2v) is 10.5. The summed E-state index contributed by atoms with van der Waals surface area (Å²) in [5, 5.41) is 0.281. The molecule has 0 aliphatic heterocycles. The van der Waals surface area contributed by atoms with Gasteiger partial charge in [-0.15, -0.1) is 0 Å². The van der Waals surface area contributed by atoms with Gasteiger partial charge in [-0.3, -0.25) is 0 Å².